The molecule has 1 amide bonds. The summed E-state index contributed by atoms with van der Waals surface area (Å²) in [5.74, 6) is 0.574. The predicted molar refractivity (Wildman–Crippen MR) is 90.2 cm³/mol. The zero-order valence-electron chi connectivity index (χ0n) is 13.9. The van der Waals surface area contributed by atoms with Crippen molar-refractivity contribution in [2.24, 2.45) is 0 Å². The fraction of sp³-hybridized carbons (Fsp3) is 0.294. The van der Waals surface area contributed by atoms with Crippen LogP contribution in [0.15, 0.2) is 30.6 Å². The highest BCUT2D eigenvalue weighted by atomic mass is 16.5. The number of nitrogens with zero attached hydrogens (tertiary/aromatic N) is 4. The van der Waals surface area contributed by atoms with Gasteiger partial charge in [0.15, 0.2) is 5.65 Å². The molecule has 3 aromatic rings. The molecule has 1 aromatic carbocycles. The fourth-order valence-electron chi connectivity index (χ4n) is 2.75. The van der Waals surface area contributed by atoms with E-state index in [1.165, 1.54) is 0 Å². The van der Waals surface area contributed by atoms with E-state index in [9.17, 15) is 4.79 Å². The van der Waals surface area contributed by atoms with Crippen molar-refractivity contribution in [2.45, 2.75) is 26.7 Å². The van der Waals surface area contributed by atoms with Gasteiger partial charge in [-0.1, -0.05) is 12.1 Å². The summed E-state index contributed by atoms with van der Waals surface area (Å²) in [7, 11) is 1.58. The molecule has 0 aliphatic rings. The Labute approximate surface area is 139 Å². The van der Waals surface area contributed by atoms with Gasteiger partial charge < -0.3 is 10.1 Å². The minimum atomic E-state index is -0.0698. The number of aromatic nitrogens is 4. The van der Waals surface area contributed by atoms with Gasteiger partial charge in [-0.15, -0.1) is 10.2 Å². The lowest BCUT2D eigenvalue weighted by molar-refractivity contribution is -0.116. The second kappa shape index (κ2) is 6.66. The topological polar surface area (TPSA) is 81.4 Å². The quantitative estimate of drug-likeness (QED) is 0.778. The molecule has 0 atom stereocenters. The number of fused-ring (bicyclic) bond motifs is 1. The molecule has 0 saturated heterocycles. The monoisotopic (exact) mass is 325 g/mol. The van der Waals surface area contributed by atoms with Gasteiger partial charge in [-0.25, -0.2) is 4.52 Å². The molecule has 7 heteroatoms. The highest BCUT2D eigenvalue weighted by molar-refractivity contribution is 5.92. The summed E-state index contributed by atoms with van der Waals surface area (Å²) in [5.41, 5.74) is 4.31. The summed E-state index contributed by atoms with van der Waals surface area (Å²) in [6.45, 7) is 3.91. The first-order chi connectivity index (χ1) is 11.6. The maximum absolute atomic E-state index is 12.3. The molecule has 2 heterocycles. The number of carbonyl (C=O) groups is 1. The van der Waals surface area contributed by atoms with Crippen LogP contribution in [0.4, 0.5) is 5.69 Å². The third kappa shape index (κ3) is 3.05. The van der Waals surface area contributed by atoms with Crippen LogP contribution in [-0.2, 0) is 11.2 Å². The largest absolute Gasteiger partial charge is 0.495 e. The number of rotatable bonds is 5. The predicted octanol–water partition coefficient (Wildman–Crippen LogP) is 2.32. The number of hydrogen-bond donors (Lipinski definition) is 1. The van der Waals surface area contributed by atoms with Gasteiger partial charge in [-0.2, -0.15) is 5.10 Å². The third-order valence-electron chi connectivity index (χ3n) is 4.00. The molecule has 0 fully saturated rings. The number of anilines is 1. The van der Waals surface area contributed by atoms with Gasteiger partial charge in [0.1, 0.15) is 12.1 Å². The first-order valence-corrected chi connectivity index (χ1v) is 7.69. The van der Waals surface area contributed by atoms with Gasteiger partial charge in [-0.3, -0.25) is 4.79 Å². The summed E-state index contributed by atoms with van der Waals surface area (Å²) in [6, 6.07) is 7.35. The Morgan fingerprint density at radius 1 is 1.29 bits per heavy atom. The number of amides is 1. The highest BCUT2D eigenvalue weighted by Crippen LogP contribution is 2.23. The highest BCUT2D eigenvalue weighted by Gasteiger charge is 2.13. The zero-order chi connectivity index (χ0) is 17.1. The van der Waals surface area contributed by atoms with Crippen molar-refractivity contribution in [3.05, 3.63) is 47.4 Å². The van der Waals surface area contributed by atoms with E-state index in [-0.39, 0.29) is 5.91 Å². The maximum atomic E-state index is 12.3. The van der Waals surface area contributed by atoms with Gasteiger partial charge in [0.2, 0.25) is 5.91 Å². The van der Waals surface area contributed by atoms with Crippen molar-refractivity contribution in [1.29, 1.82) is 0 Å². The van der Waals surface area contributed by atoms with E-state index in [0.29, 0.717) is 24.3 Å². The Bertz CT molecular complexity index is 888. The molecule has 0 saturated carbocycles. The van der Waals surface area contributed by atoms with Gasteiger partial charge in [0.25, 0.3) is 0 Å². The number of nitrogens with one attached hydrogen (secondary N) is 1. The third-order valence-corrected chi connectivity index (χ3v) is 4.00. The van der Waals surface area contributed by atoms with Crippen molar-refractivity contribution < 1.29 is 9.53 Å². The summed E-state index contributed by atoms with van der Waals surface area (Å²) in [4.78, 5) is 12.3. The van der Waals surface area contributed by atoms with Crippen molar-refractivity contribution in [3.63, 3.8) is 0 Å². The van der Waals surface area contributed by atoms with E-state index in [4.69, 9.17) is 4.74 Å². The van der Waals surface area contributed by atoms with Crippen LogP contribution in [-0.4, -0.2) is 32.8 Å². The number of ether oxygens (including phenoxy) is 1. The lowest BCUT2D eigenvalue weighted by Gasteiger charge is -2.12. The van der Waals surface area contributed by atoms with Crippen LogP contribution in [0.5, 0.6) is 5.75 Å². The van der Waals surface area contributed by atoms with E-state index in [2.05, 4.69) is 20.6 Å². The SMILES string of the molecule is COc1ccccc1NC(=O)CCc1c(C)nn2cnnc2c1C. The number of carbonyl (C=O) groups excluding carboxylic acids is 1. The van der Waals surface area contributed by atoms with Gasteiger partial charge in [0.05, 0.1) is 18.5 Å². The molecule has 24 heavy (non-hydrogen) atoms. The average Bonchev–Trinajstić information content (AvgIpc) is 3.03. The number of hydrogen-bond acceptors (Lipinski definition) is 5. The Morgan fingerprint density at radius 2 is 2.08 bits per heavy atom. The normalized spacial score (nSPS) is 10.8. The Kier molecular flexibility index (Phi) is 4.41. The molecule has 7 nitrogen and oxygen atoms in total. The lowest BCUT2D eigenvalue weighted by Crippen LogP contribution is -2.14. The standard InChI is InChI=1S/C17H19N5O2/c1-11-13(12(2)21-22-10-18-20-17(11)22)8-9-16(23)19-14-6-4-5-7-15(14)24-3/h4-7,10H,8-9H2,1-3H3,(H,19,23). The summed E-state index contributed by atoms with van der Waals surface area (Å²) in [5, 5.41) is 15.3. The smallest absolute Gasteiger partial charge is 0.224 e. The van der Waals surface area contributed by atoms with Crippen LogP contribution in [0, 0.1) is 13.8 Å². The molecule has 0 aliphatic heterocycles. The Balaban J connectivity index is 1.72. The molecule has 0 aliphatic carbocycles. The molecule has 124 valence electrons. The molecule has 3 rings (SSSR count). The van der Waals surface area contributed by atoms with Crippen LogP contribution in [0.1, 0.15) is 23.2 Å². The second-order valence-corrected chi connectivity index (χ2v) is 5.54. The van der Waals surface area contributed by atoms with Gasteiger partial charge in [-0.05, 0) is 38.0 Å². The van der Waals surface area contributed by atoms with E-state index < -0.39 is 0 Å². The number of methoxy groups -OCH3 is 1. The minimum absolute atomic E-state index is 0.0698. The van der Waals surface area contributed by atoms with Crippen LogP contribution in [0.25, 0.3) is 5.65 Å². The minimum Gasteiger partial charge on any atom is -0.495 e. The molecular formula is C17H19N5O2. The Morgan fingerprint density at radius 3 is 2.88 bits per heavy atom. The zero-order valence-corrected chi connectivity index (χ0v) is 13.9. The molecule has 0 spiro atoms. The molecule has 0 bridgehead atoms. The average molecular weight is 325 g/mol. The second-order valence-electron chi connectivity index (χ2n) is 5.54. The molecular weight excluding hydrogens is 306 g/mol. The summed E-state index contributed by atoms with van der Waals surface area (Å²) >= 11 is 0. The summed E-state index contributed by atoms with van der Waals surface area (Å²) in [6.07, 6.45) is 2.52. The van der Waals surface area contributed by atoms with Crippen LogP contribution in [0.3, 0.4) is 0 Å². The van der Waals surface area contributed by atoms with Crippen molar-refractivity contribution in [1.82, 2.24) is 19.8 Å². The van der Waals surface area contributed by atoms with E-state index in [1.54, 1.807) is 18.0 Å². The number of para-hydroxylation sites is 2. The Hall–Kier alpha value is -2.96. The number of aryl methyl sites for hydroxylation is 2. The first kappa shape index (κ1) is 15.9. The molecule has 0 unspecified atom stereocenters. The van der Waals surface area contributed by atoms with Crippen molar-refractivity contribution in [3.8, 4) is 5.75 Å². The van der Waals surface area contributed by atoms with E-state index in [0.717, 1.165) is 22.5 Å². The van der Waals surface area contributed by atoms with Crippen molar-refractivity contribution in [2.75, 3.05) is 12.4 Å². The molecule has 0 radical (unpaired) electrons. The van der Waals surface area contributed by atoms with E-state index >= 15 is 0 Å². The van der Waals surface area contributed by atoms with Gasteiger partial charge >= 0.3 is 0 Å². The van der Waals surface area contributed by atoms with Crippen LogP contribution in [0.2, 0.25) is 0 Å². The molecule has 1 N–H and O–H groups in total. The molecule has 2 aromatic heterocycles. The summed E-state index contributed by atoms with van der Waals surface area (Å²) < 4.78 is 6.90. The van der Waals surface area contributed by atoms with Gasteiger partial charge in [0, 0.05) is 12.0 Å². The fourth-order valence-corrected chi connectivity index (χ4v) is 2.75. The number of benzene rings is 1. The van der Waals surface area contributed by atoms with Crippen molar-refractivity contribution >= 4 is 17.2 Å². The first-order valence-electron chi connectivity index (χ1n) is 7.69. The van der Waals surface area contributed by atoms with E-state index in [1.807, 2.05) is 38.1 Å². The maximum Gasteiger partial charge on any atom is 0.224 e. The van der Waals surface area contributed by atoms with Crippen LogP contribution >= 0.6 is 0 Å². The van der Waals surface area contributed by atoms with Crippen LogP contribution < -0.4 is 10.1 Å². The lowest BCUT2D eigenvalue weighted by atomic mass is 10.0.